The van der Waals surface area contributed by atoms with Gasteiger partial charge >= 0.3 is 6.03 Å². The summed E-state index contributed by atoms with van der Waals surface area (Å²) in [5, 5.41) is 9.54. The zero-order valence-electron chi connectivity index (χ0n) is 25.0. The quantitative estimate of drug-likeness (QED) is 0.225. The molecule has 0 N–H and O–H groups in total. The Balaban J connectivity index is 1.49. The lowest BCUT2D eigenvalue weighted by Crippen LogP contribution is -2.51. The van der Waals surface area contributed by atoms with Crippen LogP contribution in [0.1, 0.15) is 41.7 Å². The number of ether oxygens (including phenoxy) is 2. The maximum atomic E-state index is 15.0. The number of carbonyl (C=O) groups excluding carboxylic acids is 1. The first-order chi connectivity index (χ1) is 21.3. The number of benzene rings is 4. The third-order valence-corrected chi connectivity index (χ3v) is 8.49. The predicted molar refractivity (Wildman–Crippen MR) is 166 cm³/mol. The van der Waals surface area contributed by atoms with Crippen LogP contribution >= 0.6 is 0 Å². The van der Waals surface area contributed by atoms with E-state index in [0.29, 0.717) is 24.9 Å². The summed E-state index contributed by atoms with van der Waals surface area (Å²) in [5.74, 6) is -1.45. The first-order valence-corrected chi connectivity index (χ1v) is 15.0. The van der Waals surface area contributed by atoms with Crippen molar-refractivity contribution in [2.45, 2.75) is 69.9 Å². The summed E-state index contributed by atoms with van der Waals surface area (Å²) in [6.45, 7) is 4.41. The molecule has 6 rings (SSSR count). The van der Waals surface area contributed by atoms with E-state index in [1.165, 1.54) is 12.1 Å². The summed E-state index contributed by atoms with van der Waals surface area (Å²) >= 11 is 0. The van der Waals surface area contributed by atoms with E-state index < -0.39 is 29.9 Å². The van der Waals surface area contributed by atoms with Crippen molar-refractivity contribution in [3.63, 3.8) is 0 Å². The fraction of sp³-hybridized carbons (Fsp3) is 0.297. The van der Waals surface area contributed by atoms with Gasteiger partial charge in [0, 0.05) is 13.1 Å². The van der Waals surface area contributed by atoms with Crippen LogP contribution in [0.3, 0.4) is 0 Å². The monoisotopic (exact) mass is 589 g/mol. The lowest BCUT2D eigenvalue weighted by atomic mass is 9.91. The van der Waals surface area contributed by atoms with Crippen molar-refractivity contribution in [2.24, 2.45) is 0 Å². The molecule has 6 nitrogen and oxygen atoms in total. The van der Waals surface area contributed by atoms with Crippen LogP contribution in [0.15, 0.2) is 109 Å². The summed E-state index contributed by atoms with van der Waals surface area (Å²) in [6, 6.07) is 35.7. The second kappa shape index (κ2) is 12.6. The van der Waals surface area contributed by atoms with Gasteiger partial charge in [0.2, 0.25) is 0 Å². The average Bonchev–Trinajstić information content (AvgIpc) is 3.34. The zero-order valence-corrected chi connectivity index (χ0v) is 25.0. The molecule has 0 spiro atoms. The van der Waals surface area contributed by atoms with Crippen molar-refractivity contribution >= 4 is 6.03 Å². The minimum absolute atomic E-state index is 0.0491. The topological polar surface area (TPSA) is 65.8 Å². The number of fused-ring (bicyclic) bond motifs is 1. The van der Waals surface area contributed by atoms with Crippen LogP contribution in [0.5, 0.6) is 0 Å². The third kappa shape index (κ3) is 6.37. The van der Waals surface area contributed by atoms with Crippen LogP contribution in [0.2, 0.25) is 0 Å². The minimum atomic E-state index is -0.868. The van der Waals surface area contributed by atoms with Crippen LogP contribution in [-0.2, 0) is 35.4 Å². The lowest BCUT2D eigenvalue weighted by Gasteiger charge is -2.37. The van der Waals surface area contributed by atoms with E-state index in [4.69, 9.17) is 9.47 Å². The largest absolute Gasteiger partial charge is 0.342 e. The number of nitriles is 1. The van der Waals surface area contributed by atoms with Crippen LogP contribution in [-0.4, -0.2) is 45.9 Å². The smallest absolute Gasteiger partial charge is 0.321 e. The molecule has 2 aliphatic rings. The predicted octanol–water partition coefficient (Wildman–Crippen LogP) is 6.88. The Morgan fingerprint density at radius 1 is 0.705 bits per heavy atom. The van der Waals surface area contributed by atoms with Gasteiger partial charge in [0.05, 0.1) is 17.6 Å². The van der Waals surface area contributed by atoms with E-state index in [-0.39, 0.29) is 24.2 Å². The molecule has 2 amide bonds. The Bertz CT molecular complexity index is 1620. The van der Waals surface area contributed by atoms with Crippen LogP contribution in [0.25, 0.3) is 0 Å². The Kier molecular flexibility index (Phi) is 8.47. The number of hydrogen-bond donors (Lipinski definition) is 0. The molecule has 2 aliphatic heterocycles. The average molecular weight is 590 g/mol. The van der Waals surface area contributed by atoms with Crippen molar-refractivity contribution in [3.8, 4) is 6.07 Å². The van der Waals surface area contributed by atoms with E-state index in [1.54, 1.807) is 6.07 Å². The summed E-state index contributed by atoms with van der Waals surface area (Å²) in [6.07, 6.45) is 0.261. The van der Waals surface area contributed by atoms with Gasteiger partial charge in [0.1, 0.15) is 24.1 Å². The summed E-state index contributed by atoms with van der Waals surface area (Å²) in [7, 11) is 0. The molecule has 0 unspecified atom stereocenters. The van der Waals surface area contributed by atoms with Crippen LogP contribution < -0.4 is 0 Å². The SMILES string of the molecule is CC1(C)O[C@@H]2[C@@H](O1)[C@@H](Cc1ccccc1)N(Cc1ccc(F)c(C#N)c1)C(=O)N(Cc1ccccc1)[C@@H]2Cc1ccccc1. The van der Waals surface area contributed by atoms with E-state index >= 15 is 0 Å². The number of nitrogens with zero attached hydrogens (tertiary/aromatic N) is 3. The Morgan fingerprint density at radius 2 is 1.16 bits per heavy atom. The second-order valence-electron chi connectivity index (χ2n) is 12.0. The maximum absolute atomic E-state index is 15.0. The van der Waals surface area contributed by atoms with Crippen molar-refractivity contribution in [1.29, 1.82) is 5.26 Å². The molecule has 0 bridgehead atoms. The van der Waals surface area contributed by atoms with Crippen LogP contribution in [0.4, 0.5) is 9.18 Å². The molecule has 7 heteroatoms. The van der Waals surface area contributed by atoms with E-state index in [1.807, 2.05) is 96.4 Å². The fourth-order valence-electron chi connectivity index (χ4n) is 6.48. The highest BCUT2D eigenvalue weighted by Gasteiger charge is 2.55. The molecule has 2 saturated heterocycles. The molecule has 0 aliphatic carbocycles. The Morgan fingerprint density at radius 3 is 1.64 bits per heavy atom. The normalized spacial score (nSPS) is 22.7. The molecule has 2 heterocycles. The maximum Gasteiger partial charge on any atom is 0.321 e. The van der Waals surface area contributed by atoms with Gasteiger partial charge in [-0.15, -0.1) is 0 Å². The van der Waals surface area contributed by atoms with Crippen molar-refractivity contribution in [1.82, 2.24) is 9.80 Å². The van der Waals surface area contributed by atoms with Crippen molar-refractivity contribution in [3.05, 3.63) is 143 Å². The summed E-state index contributed by atoms with van der Waals surface area (Å²) in [4.78, 5) is 18.7. The second-order valence-corrected chi connectivity index (χ2v) is 12.0. The van der Waals surface area contributed by atoms with E-state index in [9.17, 15) is 14.4 Å². The number of urea groups is 1. The van der Waals surface area contributed by atoms with Gasteiger partial charge in [-0.2, -0.15) is 5.26 Å². The zero-order chi connectivity index (χ0) is 30.7. The highest BCUT2D eigenvalue weighted by molar-refractivity contribution is 5.76. The Labute approximate surface area is 258 Å². The van der Waals surface area contributed by atoms with E-state index in [0.717, 1.165) is 16.7 Å². The van der Waals surface area contributed by atoms with Gasteiger partial charge in [-0.05, 0) is 61.1 Å². The van der Waals surface area contributed by atoms with Crippen LogP contribution in [0, 0.1) is 17.1 Å². The Hall–Kier alpha value is -4.51. The molecule has 44 heavy (non-hydrogen) atoms. The third-order valence-electron chi connectivity index (χ3n) is 8.49. The molecule has 4 aromatic rings. The molecule has 0 saturated carbocycles. The van der Waals surface area contributed by atoms with Crippen molar-refractivity contribution in [2.75, 3.05) is 0 Å². The number of rotatable bonds is 8. The molecule has 0 radical (unpaired) electrons. The molecular weight excluding hydrogens is 553 g/mol. The number of amides is 2. The lowest BCUT2D eigenvalue weighted by molar-refractivity contribution is -0.157. The minimum Gasteiger partial charge on any atom is -0.342 e. The van der Waals surface area contributed by atoms with Gasteiger partial charge in [-0.3, -0.25) is 0 Å². The first-order valence-electron chi connectivity index (χ1n) is 15.0. The highest BCUT2D eigenvalue weighted by atomic mass is 19.1. The molecule has 4 atom stereocenters. The summed E-state index contributed by atoms with van der Waals surface area (Å²) < 4.78 is 27.8. The van der Waals surface area contributed by atoms with Gasteiger partial charge in [0.15, 0.2) is 5.79 Å². The summed E-state index contributed by atoms with van der Waals surface area (Å²) in [5.41, 5.74) is 3.79. The van der Waals surface area contributed by atoms with Crippen molar-refractivity contribution < 1.29 is 18.7 Å². The van der Waals surface area contributed by atoms with Gasteiger partial charge < -0.3 is 19.3 Å². The molecule has 224 valence electrons. The molecule has 0 aromatic heterocycles. The van der Waals surface area contributed by atoms with Gasteiger partial charge in [-0.1, -0.05) is 97.1 Å². The molecule has 4 aromatic carbocycles. The first kappa shape index (κ1) is 29.6. The molecule has 2 fully saturated rings. The fourth-order valence-corrected chi connectivity index (χ4v) is 6.48. The molecular formula is C37H36FN3O3. The van der Waals surface area contributed by atoms with Gasteiger partial charge in [0.25, 0.3) is 0 Å². The number of halogens is 1. The highest BCUT2D eigenvalue weighted by Crippen LogP contribution is 2.40. The van der Waals surface area contributed by atoms with Gasteiger partial charge in [-0.25, -0.2) is 9.18 Å². The standard InChI is InChI=1S/C37H36FN3O3/c1-37(2)43-34-32(21-26-12-6-3-7-13-26)40(24-28-16-10-5-11-17-28)36(42)41(25-29-18-19-31(38)30(20-29)23-39)33(35(34)44-37)22-27-14-8-4-9-15-27/h3-20,32-35H,21-22,24-25H2,1-2H3/t32-,33-,34+,35+/m1/s1. The number of hydrogen-bond acceptors (Lipinski definition) is 4. The van der Waals surface area contributed by atoms with E-state index in [2.05, 4.69) is 24.3 Å². The number of carbonyl (C=O) groups is 1.